The van der Waals surface area contributed by atoms with E-state index in [4.69, 9.17) is 21.1 Å². The van der Waals surface area contributed by atoms with E-state index in [0.29, 0.717) is 5.02 Å². The van der Waals surface area contributed by atoms with E-state index in [1.54, 1.807) is 6.07 Å². The Bertz CT molecular complexity index is 709. The van der Waals surface area contributed by atoms with Crippen LogP contribution in [-0.4, -0.2) is 23.0 Å². The molecule has 0 spiro atoms. The molecule has 5 nitrogen and oxygen atoms in total. The lowest BCUT2D eigenvalue weighted by Gasteiger charge is -2.03. The van der Waals surface area contributed by atoms with E-state index >= 15 is 0 Å². The molecule has 0 saturated heterocycles. The fourth-order valence-electron chi connectivity index (χ4n) is 2.27. The van der Waals surface area contributed by atoms with Gasteiger partial charge in [-0.25, -0.2) is 4.79 Å². The summed E-state index contributed by atoms with van der Waals surface area (Å²) in [5.74, 6) is -1.61. The summed E-state index contributed by atoms with van der Waals surface area (Å²) in [7, 11) is 0. The molecular formula is C15H12ClNO4. The number of hydrogen-bond acceptors (Lipinski definition) is 3. The number of nitrogens with one attached hydrogen (secondary N) is 1. The third kappa shape index (κ3) is 2.92. The van der Waals surface area contributed by atoms with Crippen molar-refractivity contribution in [2.75, 3.05) is 0 Å². The first-order valence-corrected chi connectivity index (χ1v) is 6.82. The van der Waals surface area contributed by atoms with Crippen LogP contribution < -0.4 is 5.32 Å². The van der Waals surface area contributed by atoms with Crippen LogP contribution >= 0.6 is 11.6 Å². The molecule has 0 radical (unpaired) electrons. The lowest BCUT2D eigenvalue weighted by atomic mass is 10.1. The van der Waals surface area contributed by atoms with Gasteiger partial charge in [0.05, 0.1) is 0 Å². The minimum absolute atomic E-state index is 0.00384. The van der Waals surface area contributed by atoms with Crippen molar-refractivity contribution in [3.63, 3.8) is 0 Å². The average Bonchev–Trinajstić information content (AvgIpc) is 3.01. The molecule has 1 aromatic carbocycles. The van der Waals surface area contributed by atoms with Gasteiger partial charge in [0.15, 0.2) is 5.76 Å². The Morgan fingerprint density at radius 3 is 2.67 bits per heavy atom. The number of carbonyl (C=O) groups excluding carboxylic acids is 1. The molecule has 2 aromatic rings. The molecule has 0 bridgehead atoms. The molecule has 0 aliphatic heterocycles. The Morgan fingerprint density at radius 2 is 2.00 bits per heavy atom. The Kier molecular flexibility index (Phi) is 3.43. The summed E-state index contributed by atoms with van der Waals surface area (Å²) in [5.41, 5.74) is 1.08. The maximum Gasteiger partial charge on any atom is 0.371 e. The Morgan fingerprint density at radius 1 is 1.24 bits per heavy atom. The second kappa shape index (κ2) is 5.26. The summed E-state index contributed by atoms with van der Waals surface area (Å²) in [6.07, 6.45) is 0.832. The third-order valence-electron chi connectivity index (χ3n) is 3.42. The molecule has 2 atom stereocenters. The smallest absolute Gasteiger partial charge is 0.371 e. The van der Waals surface area contributed by atoms with Crippen LogP contribution in [0.3, 0.4) is 0 Å². The highest BCUT2D eigenvalue weighted by molar-refractivity contribution is 6.30. The monoisotopic (exact) mass is 305 g/mol. The molecule has 1 aromatic heterocycles. The lowest BCUT2D eigenvalue weighted by Crippen LogP contribution is -2.26. The van der Waals surface area contributed by atoms with Crippen LogP contribution in [0.25, 0.3) is 0 Å². The molecule has 1 aliphatic rings. The van der Waals surface area contributed by atoms with Crippen LogP contribution in [0.4, 0.5) is 0 Å². The molecule has 1 heterocycles. The van der Waals surface area contributed by atoms with E-state index in [1.165, 1.54) is 12.1 Å². The van der Waals surface area contributed by atoms with Crippen molar-refractivity contribution in [2.24, 2.45) is 0 Å². The number of amides is 1. The minimum atomic E-state index is -1.20. The number of hydrogen-bond donors (Lipinski definition) is 2. The number of rotatable bonds is 4. The van der Waals surface area contributed by atoms with Gasteiger partial charge in [0.1, 0.15) is 0 Å². The van der Waals surface area contributed by atoms with Gasteiger partial charge < -0.3 is 14.8 Å². The number of carboxylic acids is 1. The minimum Gasteiger partial charge on any atom is -0.475 e. The fraction of sp³-hybridized carbons (Fsp3) is 0.200. The summed E-state index contributed by atoms with van der Waals surface area (Å²) in [6.45, 7) is 0. The van der Waals surface area contributed by atoms with Gasteiger partial charge in [0.2, 0.25) is 5.76 Å². The van der Waals surface area contributed by atoms with Gasteiger partial charge in [-0.1, -0.05) is 23.7 Å². The van der Waals surface area contributed by atoms with E-state index < -0.39 is 11.9 Å². The van der Waals surface area contributed by atoms with Crippen LogP contribution in [0, 0.1) is 0 Å². The lowest BCUT2D eigenvalue weighted by molar-refractivity contribution is 0.0659. The molecule has 1 saturated carbocycles. The van der Waals surface area contributed by atoms with Gasteiger partial charge in [-0.2, -0.15) is 0 Å². The van der Waals surface area contributed by atoms with Crippen LogP contribution in [0.2, 0.25) is 5.02 Å². The van der Waals surface area contributed by atoms with Crippen LogP contribution in [-0.2, 0) is 0 Å². The SMILES string of the molecule is O=C(O)c1ccc(C(=O)N[C@@H]2C[C@H]2c2cccc(Cl)c2)o1. The van der Waals surface area contributed by atoms with Gasteiger partial charge in [0.25, 0.3) is 5.91 Å². The first kappa shape index (κ1) is 13.7. The zero-order valence-electron chi connectivity index (χ0n) is 10.9. The predicted octanol–water partition coefficient (Wildman–Crippen LogP) is 2.92. The second-order valence-corrected chi connectivity index (χ2v) is 5.38. The van der Waals surface area contributed by atoms with E-state index in [1.807, 2.05) is 18.2 Å². The van der Waals surface area contributed by atoms with E-state index in [9.17, 15) is 9.59 Å². The van der Waals surface area contributed by atoms with Crippen molar-refractivity contribution in [1.29, 1.82) is 0 Å². The van der Waals surface area contributed by atoms with Crippen LogP contribution in [0.5, 0.6) is 0 Å². The molecule has 108 valence electrons. The maximum absolute atomic E-state index is 12.0. The Balaban J connectivity index is 1.63. The van der Waals surface area contributed by atoms with Gasteiger partial charge in [0, 0.05) is 17.0 Å². The highest BCUT2D eigenvalue weighted by atomic mass is 35.5. The number of aromatic carboxylic acids is 1. The molecule has 3 rings (SSSR count). The third-order valence-corrected chi connectivity index (χ3v) is 3.66. The average molecular weight is 306 g/mol. The highest BCUT2D eigenvalue weighted by Gasteiger charge is 2.40. The number of carboxylic acid groups (broad SMARTS) is 1. The molecular weight excluding hydrogens is 294 g/mol. The Hall–Kier alpha value is -2.27. The maximum atomic E-state index is 12.0. The van der Waals surface area contributed by atoms with Crippen molar-refractivity contribution >= 4 is 23.5 Å². The van der Waals surface area contributed by atoms with Crippen molar-refractivity contribution in [3.8, 4) is 0 Å². The quantitative estimate of drug-likeness (QED) is 0.910. The molecule has 2 N–H and O–H groups in total. The van der Waals surface area contributed by atoms with Gasteiger partial charge in [-0.05, 0) is 36.2 Å². The number of carbonyl (C=O) groups is 2. The van der Waals surface area contributed by atoms with Gasteiger partial charge >= 0.3 is 5.97 Å². The summed E-state index contributed by atoms with van der Waals surface area (Å²) in [4.78, 5) is 22.7. The summed E-state index contributed by atoms with van der Waals surface area (Å²) in [5, 5.41) is 12.2. The molecule has 1 fully saturated rings. The van der Waals surface area contributed by atoms with E-state index in [-0.39, 0.29) is 23.5 Å². The zero-order chi connectivity index (χ0) is 15.0. The van der Waals surface area contributed by atoms with Gasteiger partial charge in [-0.15, -0.1) is 0 Å². The number of halogens is 1. The van der Waals surface area contributed by atoms with Crippen molar-refractivity contribution in [2.45, 2.75) is 18.4 Å². The molecule has 1 amide bonds. The predicted molar refractivity (Wildman–Crippen MR) is 75.7 cm³/mol. The fourth-order valence-corrected chi connectivity index (χ4v) is 2.47. The molecule has 6 heteroatoms. The largest absolute Gasteiger partial charge is 0.475 e. The zero-order valence-corrected chi connectivity index (χ0v) is 11.6. The Labute approximate surface area is 125 Å². The van der Waals surface area contributed by atoms with Gasteiger partial charge in [-0.3, -0.25) is 4.79 Å². The number of benzene rings is 1. The molecule has 0 unspecified atom stereocenters. The second-order valence-electron chi connectivity index (χ2n) is 4.95. The van der Waals surface area contributed by atoms with Crippen LogP contribution in [0.1, 0.15) is 39.0 Å². The van der Waals surface area contributed by atoms with Crippen molar-refractivity contribution in [1.82, 2.24) is 5.32 Å². The van der Waals surface area contributed by atoms with Crippen LogP contribution in [0.15, 0.2) is 40.8 Å². The standard InChI is InChI=1S/C15H12ClNO4/c16-9-3-1-2-8(6-9)10-7-11(10)17-14(18)12-4-5-13(21-12)15(19)20/h1-6,10-11H,7H2,(H,17,18)(H,19,20)/t10-,11+/m0/s1. The van der Waals surface area contributed by atoms with E-state index in [2.05, 4.69) is 5.32 Å². The van der Waals surface area contributed by atoms with Crippen molar-refractivity contribution in [3.05, 3.63) is 58.5 Å². The topological polar surface area (TPSA) is 79.5 Å². The highest BCUT2D eigenvalue weighted by Crippen LogP contribution is 2.41. The molecule has 1 aliphatic carbocycles. The summed E-state index contributed by atoms with van der Waals surface area (Å²) >= 11 is 5.94. The number of furan rings is 1. The first-order valence-electron chi connectivity index (χ1n) is 6.44. The first-order chi connectivity index (χ1) is 10.0. The summed E-state index contributed by atoms with van der Waals surface area (Å²) < 4.78 is 4.96. The molecule has 21 heavy (non-hydrogen) atoms. The van der Waals surface area contributed by atoms with Crippen molar-refractivity contribution < 1.29 is 19.1 Å². The summed E-state index contributed by atoms with van der Waals surface area (Å²) in [6, 6.07) is 10.2. The van der Waals surface area contributed by atoms with E-state index in [0.717, 1.165) is 12.0 Å². The normalized spacial score (nSPS) is 20.0.